The number of ether oxygens (including phenoxy) is 1. The van der Waals surface area contributed by atoms with E-state index in [-0.39, 0.29) is 16.3 Å². The van der Waals surface area contributed by atoms with Crippen molar-refractivity contribution in [1.82, 2.24) is 0 Å². The van der Waals surface area contributed by atoms with Crippen LogP contribution >= 0.6 is 0 Å². The number of methoxy groups -OCH3 is 1. The lowest BCUT2D eigenvalue weighted by atomic mass is 10.2. The zero-order chi connectivity index (χ0) is 16.5. The molecular formula is C14H12F3NO3S. The number of para-hydroxylation sites is 1. The lowest BCUT2D eigenvalue weighted by Crippen LogP contribution is -2.11. The van der Waals surface area contributed by atoms with Crippen LogP contribution in [-0.4, -0.2) is 15.5 Å². The average molecular weight is 331 g/mol. The van der Waals surface area contributed by atoms with E-state index in [9.17, 15) is 21.6 Å². The maximum absolute atomic E-state index is 12.8. The van der Waals surface area contributed by atoms with Crippen molar-refractivity contribution in [2.45, 2.75) is 16.0 Å². The van der Waals surface area contributed by atoms with Gasteiger partial charge in [0.25, 0.3) is 0 Å². The van der Waals surface area contributed by atoms with Gasteiger partial charge in [0.15, 0.2) is 0 Å². The zero-order valence-electron chi connectivity index (χ0n) is 11.4. The highest BCUT2D eigenvalue weighted by Gasteiger charge is 2.33. The third-order valence-corrected chi connectivity index (χ3v) is 4.84. The molecular weight excluding hydrogens is 319 g/mol. The van der Waals surface area contributed by atoms with Crippen molar-refractivity contribution in [3.63, 3.8) is 0 Å². The molecule has 118 valence electrons. The number of benzene rings is 2. The molecule has 2 N–H and O–H groups in total. The summed E-state index contributed by atoms with van der Waals surface area (Å²) in [4.78, 5) is -0.852. The Hall–Kier alpha value is -2.22. The normalized spacial score (nSPS) is 12.2. The summed E-state index contributed by atoms with van der Waals surface area (Å²) < 4.78 is 68.4. The maximum Gasteiger partial charge on any atom is 0.416 e. The first kappa shape index (κ1) is 16.2. The largest absolute Gasteiger partial charge is 0.495 e. The number of hydrogen-bond acceptors (Lipinski definition) is 4. The second kappa shape index (κ2) is 5.53. The van der Waals surface area contributed by atoms with E-state index in [0.29, 0.717) is 6.07 Å². The van der Waals surface area contributed by atoms with E-state index >= 15 is 0 Å². The van der Waals surface area contributed by atoms with Crippen LogP contribution in [-0.2, 0) is 16.0 Å². The molecule has 2 aromatic rings. The fourth-order valence-corrected chi connectivity index (χ4v) is 3.47. The molecule has 0 heterocycles. The Morgan fingerprint density at radius 3 is 2.27 bits per heavy atom. The van der Waals surface area contributed by atoms with Crippen molar-refractivity contribution in [2.75, 3.05) is 12.8 Å². The van der Waals surface area contributed by atoms with Gasteiger partial charge in [-0.3, -0.25) is 0 Å². The first-order chi connectivity index (χ1) is 10.2. The molecule has 0 aromatic heterocycles. The van der Waals surface area contributed by atoms with Gasteiger partial charge in [0.2, 0.25) is 9.84 Å². The van der Waals surface area contributed by atoms with Crippen molar-refractivity contribution in [2.24, 2.45) is 0 Å². The minimum Gasteiger partial charge on any atom is -0.495 e. The molecule has 0 aliphatic carbocycles. The molecule has 4 nitrogen and oxygen atoms in total. The monoisotopic (exact) mass is 331 g/mol. The molecule has 22 heavy (non-hydrogen) atoms. The van der Waals surface area contributed by atoms with E-state index in [1.54, 1.807) is 6.07 Å². The number of rotatable bonds is 3. The van der Waals surface area contributed by atoms with Crippen LogP contribution < -0.4 is 10.5 Å². The summed E-state index contributed by atoms with van der Waals surface area (Å²) in [6.07, 6.45) is -4.67. The SMILES string of the molecule is COc1ccccc1S(=O)(=O)c1cc(C(F)(F)F)ccc1N. The van der Waals surface area contributed by atoms with Crippen LogP contribution in [0.2, 0.25) is 0 Å². The molecule has 0 saturated carbocycles. The zero-order valence-corrected chi connectivity index (χ0v) is 12.2. The van der Waals surface area contributed by atoms with Gasteiger partial charge in [-0.15, -0.1) is 0 Å². The van der Waals surface area contributed by atoms with Crippen molar-refractivity contribution in [1.29, 1.82) is 0 Å². The van der Waals surface area contributed by atoms with E-state index in [4.69, 9.17) is 10.5 Å². The Bertz CT molecular complexity index is 801. The molecule has 0 bridgehead atoms. The Morgan fingerprint density at radius 1 is 1.05 bits per heavy atom. The molecule has 0 unspecified atom stereocenters. The summed E-state index contributed by atoms with van der Waals surface area (Å²) in [5.41, 5.74) is 4.21. The van der Waals surface area contributed by atoms with Crippen LogP contribution in [0.25, 0.3) is 0 Å². The van der Waals surface area contributed by atoms with E-state index < -0.39 is 26.5 Å². The minimum atomic E-state index is -4.67. The van der Waals surface area contributed by atoms with E-state index in [2.05, 4.69) is 0 Å². The number of nitrogen functional groups attached to an aromatic ring is 1. The molecule has 2 aromatic carbocycles. The van der Waals surface area contributed by atoms with Gasteiger partial charge >= 0.3 is 6.18 Å². The van der Waals surface area contributed by atoms with E-state index in [1.807, 2.05) is 0 Å². The van der Waals surface area contributed by atoms with Gasteiger partial charge in [-0.05, 0) is 30.3 Å². The Balaban J connectivity index is 2.69. The topological polar surface area (TPSA) is 69.4 Å². The average Bonchev–Trinajstić information content (AvgIpc) is 2.46. The number of hydrogen-bond donors (Lipinski definition) is 1. The predicted octanol–water partition coefficient (Wildman–Crippen LogP) is 3.13. The van der Waals surface area contributed by atoms with Crippen LogP contribution in [0.3, 0.4) is 0 Å². The second-order valence-corrected chi connectivity index (χ2v) is 6.29. The third-order valence-electron chi connectivity index (χ3n) is 2.99. The third kappa shape index (κ3) is 2.87. The van der Waals surface area contributed by atoms with Gasteiger partial charge in [-0.1, -0.05) is 12.1 Å². The Morgan fingerprint density at radius 2 is 1.68 bits per heavy atom. The van der Waals surface area contributed by atoms with Gasteiger partial charge in [-0.2, -0.15) is 13.2 Å². The van der Waals surface area contributed by atoms with Crippen LogP contribution in [0.15, 0.2) is 52.3 Å². The summed E-state index contributed by atoms with van der Waals surface area (Å²) in [5.74, 6) is 0.0271. The van der Waals surface area contributed by atoms with Gasteiger partial charge in [0, 0.05) is 0 Å². The molecule has 0 atom stereocenters. The summed E-state index contributed by atoms with van der Waals surface area (Å²) in [5, 5.41) is 0. The standard InChI is InChI=1S/C14H12F3NO3S/c1-21-11-4-2-3-5-12(11)22(19,20)13-8-9(14(15,16)17)6-7-10(13)18/h2-8H,18H2,1H3. The molecule has 0 aliphatic rings. The first-order valence-corrected chi connectivity index (χ1v) is 7.51. The molecule has 2 rings (SSSR count). The minimum absolute atomic E-state index is 0.0271. The van der Waals surface area contributed by atoms with Gasteiger partial charge in [0.05, 0.1) is 23.3 Å². The molecule has 0 saturated heterocycles. The molecule has 0 fully saturated rings. The highest BCUT2D eigenvalue weighted by molar-refractivity contribution is 7.91. The number of halogens is 3. The number of alkyl halides is 3. The lowest BCUT2D eigenvalue weighted by molar-refractivity contribution is -0.137. The van der Waals surface area contributed by atoms with E-state index in [0.717, 1.165) is 12.1 Å². The summed E-state index contributed by atoms with van der Waals surface area (Å²) in [6, 6.07) is 7.82. The van der Waals surface area contributed by atoms with Crippen molar-refractivity contribution >= 4 is 15.5 Å². The molecule has 0 aliphatic heterocycles. The number of nitrogens with two attached hydrogens (primary N) is 1. The van der Waals surface area contributed by atoms with Crippen molar-refractivity contribution < 1.29 is 26.3 Å². The van der Waals surface area contributed by atoms with Crippen LogP contribution in [0.4, 0.5) is 18.9 Å². The summed E-state index contributed by atoms with van der Waals surface area (Å²) in [7, 11) is -2.98. The first-order valence-electron chi connectivity index (χ1n) is 6.02. The maximum atomic E-state index is 12.8. The van der Waals surface area contributed by atoms with Gasteiger partial charge in [0.1, 0.15) is 10.6 Å². The van der Waals surface area contributed by atoms with Crippen molar-refractivity contribution in [3.05, 3.63) is 48.0 Å². The number of sulfone groups is 1. The lowest BCUT2D eigenvalue weighted by Gasteiger charge is -2.13. The highest BCUT2D eigenvalue weighted by Crippen LogP contribution is 2.36. The quantitative estimate of drug-likeness (QED) is 0.877. The molecule has 0 amide bonds. The molecule has 0 radical (unpaired) electrons. The predicted molar refractivity (Wildman–Crippen MR) is 74.3 cm³/mol. The molecule has 8 heteroatoms. The van der Waals surface area contributed by atoms with Crippen molar-refractivity contribution in [3.8, 4) is 5.75 Å². The summed E-state index contributed by atoms with van der Waals surface area (Å²) >= 11 is 0. The fourth-order valence-electron chi connectivity index (χ4n) is 1.90. The van der Waals surface area contributed by atoms with Crippen LogP contribution in [0.1, 0.15) is 5.56 Å². The second-order valence-electron chi connectivity index (χ2n) is 4.40. The van der Waals surface area contributed by atoms with Gasteiger partial charge in [-0.25, -0.2) is 8.42 Å². The summed E-state index contributed by atoms with van der Waals surface area (Å²) in [6.45, 7) is 0. The Labute approximate surface area is 125 Å². The smallest absolute Gasteiger partial charge is 0.416 e. The Kier molecular flexibility index (Phi) is 4.06. The van der Waals surface area contributed by atoms with E-state index in [1.165, 1.54) is 25.3 Å². The number of anilines is 1. The highest BCUT2D eigenvalue weighted by atomic mass is 32.2. The fraction of sp³-hybridized carbons (Fsp3) is 0.143. The van der Waals surface area contributed by atoms with Crippen LogP contribution in [0.5, 0.6) is 5.75 Å². The van der Waals surface area contributed by atoms with Crippen LogP contribution in [0, 0.1) is 0 Å². The van der Waals surface area contributed by atoms with Gasteiger partial charge < -0.3 is 10.5 Å². The molecule has 0 spiro atoms.